The second-order valence-corrected chi connectivity index (χ2v) is 6.04. The van der Waals surface area contributed by atoms with Crippen molar-refractivity contribution in [3.05, 3.63) is 78.5 Å². The highest BCUT2D eigenvalue weighted by Gasteiger charge is 2.15. The second kappa shape index (κ2) is 9.01. The number of hydrogen-bond donors (Lipinski definition) is 1. The number of rotatable bonds is 7. The number of nitrogens with zero attached hydrogens (tertiary/aromatic N) is 2. The van der Waals surface area contributed by atoms with Crippen molar-refractivity contribution in [1.82, 2.24) is 9.88 Å². The fourth-order valence-corrected chi connectivity index (χ4v) is 2.79. The van der Waals surface area contributed by atoms with Crippen LogP contribution in [-0.4, -0.2) is 21.6 Å². The van der Waals surface area contributed by atoms with Gasteiger partial charge in [0, 0.05) is 18.9 Å². The Hall–Kier alpha value is -2.86. The molecule has 0 fully saturated rings. The molecule has 0 aliphatic carbocycles. The molecule has 0 atom stereocenters. The van der Waals surface area contributed by atoms with Crippen LogP contribution in [0.5, 0.6) is 5.75 Å². The van der Waals surface area contributed by atoms with E-state index in [1.165, 1.54) is 0 Å². The van der Waals surface area contributed by atoms with Crippen molar-refractivity contribution < 1.29 is 9.15 Å². The van der Waals surface area contributed by atoms with E-state index in [0.717, 1.165) is 22.8 Å². The summed E-state index contributed by atoms with van der Waals surface area (Å²) >= 11 is 5.67. The molecule has 0 saturated heterocycles. The molecule has 134 valence electrons. The van der Waals surface area contributed by atoms with Crippen molar-refractivity contribution in [2.45, 2.75) is 20.0 Å². The summed E-state index contributed by atoms with van der Waals surface area (Å²) in [5.74, 6) is 1.62. The van der Waals surface area contributed by atoms with Crippen LogP contribution in [0.1, 0.15) is 18.2 Å². The first kappa shape index (κ1) is 17.9. The van der Waals surface area contributed by atoms with Gasteiger partial charge in [-0.1, -0.05) is 18.2 Å². The number of nitrogens with one attached hydrogen (secondary N) is 1. The van der Waals surface area contributed by atoms with Gasteiger partial charge in [0.05, 0.1) is 25.1 Å². The van der Waals surface area contributed by atoms with Crippen LogP contribution < -0.4 is 10.1 Å². The lowest BCUT2D eigenvalue weighted by Crippen LogP contribution is -2.33. The zero-order chi connectivity index (χ0) is 18.2. The van der Waals surface area contributed by atoms with Crippen molar-refractivity contribution in [3.8, 4) is 5.75 Å². The Morgan fingerprint density at radius 2 is 2.04 bits per heavy atom. The van der Waals surface area contributed by atoms with E-state index in [4.69, 9.17) is 21.4 Å². The van der Waals surface area contributed by atoms with Gasteiger partial charge in [-0.15, -0.1) is 0 Å². The van der Waals surface area contributed by atoms with E-state index in [-0.39, 0.29) is 0 Å². The van der Waals surface area contributed by atoms with Gasteiger partial charge in [0.15, 0.2) is 5.11 Å². The Morgan fingerprint density at radius 1 is 1.15 bits per heavy atom. The first-order valence-electron chi connectivity index (χ1n) is 8.45. The maximum Gasteiger partial charge on any atom is 0.174 e. The van der Waals surface area contributed by atoms with Gasteiger partial charge in [-0.2, -0.15) is 0 Å². The lowest BCUT2D eigenvalue weighted by atomic mass is 10.2. The van der Waals surface area contributed by atoms with Gasteiger partial charge in [0.2, 0.25) is 0 Å². The zero-order valence-corrected chi connectivity index (χ0v) is 15.4. The minimum atomic E-state index is 0.560. The number of anilines is 1. The van der Waals surface area contributed by atoms with Crippen molar-refractivity contribution >= 4 is 23.0 Å². The van der Waals surface area contributed by atoms with Gasteiger partial charge in [0.25, 0.3) is 0 Å². The summed E-state index contributed by atoms with van der Waals surface area (Å²) in [7, 11) is 0. The monoisotopic (exact) mass is 367 g/mol. The molecule has 1 aromatic carbocycles. The molecule has 0 bridgehead atoms. The number of pyridine rings is 1. The summed E-state index contributed by atoms with van der Waals surface area (Å²) < 4.78 is 11.2. The molecule has 0 spiro atoms. The molecule has 0 saturated carbocycles. The maximum absolute atomic E-state index is 5.67. The van der Waals surface area contributed by atoms with Crippen LogP contribution in [0.2, 0.25) is 0 Å². The van der Waals surface area contributed by atoms with Crippen LogP contribution in [0.4, 0.5) is 5.69 Å². The summed E-state index contributed by atoms with van der Waals surface area (Å²) in [4.78, 5) is 6.22. The Kier molecular flexibility index (Phi) is 6.22. The summed E-state index contributed by atoms with van der Waals surface area (Å²) in [6.07, 6.45) is 5.26. The highest BCUT2D eigenvalue weighted by molar-refractivity contribution is 7.80. The van der Waals surface area contributed by atoms with E-state index in [2.05, 4.69) is 10.3 Å². The average molecular weight is 367 g/mol. The Bertz CT molecular complexity index is 822. The molecular formula is C20H21N3O2S. The van der Waals surface area contributed by atoms with Crippen LogP contribution in [0, 0.1) is 0 Å². The third kappa shape index (κ3) is 4.83. The lowest BCUT2D eigenvalue weighted by molar-refractivity contribution is 0.341. The van der Waals surface area contributed by atoms with E-state index in [1.54, 1.807) is 12.5 Å². The van der Waals surface area contributed by atoms with Crippen LogP contribution >= 0.6 is 12.2 Å². The number of aromatic nitrogens is 1. The smallest absolute Gasteiger partial charge is 0.174 e. The SMILES string of the molecule is CCOc1ccccc1NC(=S)N(Cc1cccnc1)Cc1ccco1. The third-order valence-electron chi connectivity index (χ3n) is 3.74. The molecule has 2 heterocycles. The standard InChI is InChI=1S/C20H21N3O2S/c1-2-24-19-10-4-3-9-18(19)22-20(26)23(15-17-8-6-12-25-17)14-16-7-5-11-21-13-16/h3-13H,2,14-15H2,1H3,(H,22,26). The number of para-hydroxylation sites is 2. The minimum absolute atomic E-state index is 0.560. The highest BCUT2D eigenvalue weighted by atomic mass is 32.1. The fraction of sp³-hybridized carbons (Fsp3) is 0.200. The van der Waals surface area contributed by atoms with Crippen molar-refractivity contribution in [2.24, 2.45) is 0 Å². The van der Waals surface area contributed by atoms with Crippen LogP contribution in [0.3, 0.4) is 0 Å². The molecule has 1 N–H and O–H groups in total. The molecule has 3 rings (SSSR count). The average Bonchev–Trinajstić information content (AvgIpc) is 3.17. The highest BCUT2D eigenvalue weighted by Crippen LogP contribution is 2.24. The van der Waals surface area contributed by atoms with E-state index >= 15 is 0 Å². The van der Waals surface area contributed by atoms with E-state index in [0.29, 0.717) is 24.8 Å². The first-order valence-corrected chi connectivity index (χ1v) is 8.86. The number of benzene rings is 1. The van der Waals surface area contributed by atoms with Crippen LogP contribution in [0.15, 0.2) is 71.6 Å². The van der Waals surface area contributed by atoms with Gasteiger partial charge in [-0.3, -0.25) is 4.98 Å². The van der Waals surface area contributed by atoms with Crippen LogP contribution in [0.25, 0.3) is 0 Å². The molecule has 0 amide bonds. The molecule has 0 aliphatic heterocycles. The molecule has 2 aromatic heterocycles. The normalized spacial score (nSPS) is 10.3. The summed E-state index contributed by atoms with van der Waals surface area (Å²) in [6.45, 7) is 3.74. The number of ether oxygens (including phenoxy) is 1. The Labute approximate surface area is 158 Å². The number of hydrogen-bond acceptors (Lipinski definition) is 4. The van der Waals surface area contributed by atoms with E-state index < -0.39 is 0 Å². The predicted octanol–water partition coefficient (Wildman–Crippen LogP) is 4.47. The van der Waals surface area contributed by atoms with Crippen molar-refractivity contribution in [2.75, 3.05) is 11.9 Å². The number of thiocarbonyl (C=S) groups is 1. The Balaban J connectivity index is 1.78. The predicted molar refractivity (Wildman–Crippen MR) is 106 cm³/mol. The van der Waals surface area contributed by atoms with E-state index in [1.807, 2.05) is 66.6 Å². The minimum Gasteiger partial charge on any atom is -0.492 e. The molecule has 3 aromatic rings. The topological polar surface area (TPSA) is 50.5 Å². The first-order chi connectivity index (χ1) is 12.8. The van der Waals surface area contributed by atoms with Gasteiger partial charge in [0.1, 0.15) is 11.5 Å². The summed E-state index contributed by atoms with van der Waals surface area (Å²) in [5.41, 5.74) is 1.91. The quantitative estimate of drug-likeness (QED) is 0.622. The maximum atomic E-state index is 5.67. The molecule has 0 aliphatic rings. The van der Waals surface area contributed by atoms with Crippen molar-refractivity contribution in [3.63, 3.8) is 0 Å². The molecule has 5 nitrogen and oxygen atoms in total. The molecule has 0 unspecified atom stereocenters. The molecular weight excluding hydrogens is 346 g/mol. The third-order valence-corrected chi connectivity index (χ3v) is 4.10. The lowest BCUT2D eigenvalue weighted by Gasteiger charge is -2.25. The van der Waals surface area contributed by atoms with Gasteiger partial charge in [-0.25, -0.2) is 0 Å². The largest absolute Gasteiger partial charge is 0.492 e. The van der Waals surface area contributed by atoms with Crippen LogP contribution in [-0.2, 0) is 13.1 Å². The molecule has 0 radical (unpaired) electrons. The second-order valence-electron chi connectivity index (χ2n) is 5.66. The zero-order valence-electron chi connectivity index (χ0n) is 14.6. The Morgan fingerprint density at radius 3 is 2.77 bits per heavy atom. The fourth-order valence-electron chi connectivity index (χ4n) is 2.55. The van der Waals surface area contributed by atoms with E-state index in [9.17, 15) is 0 Å². The summed E-state index contributed by atoms with van der Waals surface area (Å²) in [6, 6.07) is 15.5. The molecule has 26 heavy (non-hydrogen) atoms. The van der Waals surface area contributed by atoms with Crippen molar-refractivity contribution in [1.29, 1.82) is 0 Å². The van der Waals surface area contributed by atoms with Gasteiger partial charge in [-0.05, 0) is 55.0 Å². The molecule has 6 heteroatoms. The van der Waals surface area contributed by atoms with Gasteiger partial charge < -0.3 is 19.4 Å². The number of furan rings is 1. The van der Waals surface area contributed by atoms with Gasteiger partial charge >= 0.3 is 0 Å². The summed E-state index contributed by atoms with van der Waals surface area (Å²) in [5, 5.41) is 3.89.